The Morgan fingerprint density at radius 2 is 1.50 bits per heavy atom. The fourth-order valence-corrected chi connectivity index (χ4v) is 10.4. The minimum atomic E-state index is -3.93. The van der Waals surface area contributed by atoms with Crippen LogP contribution in [0.2, 0.25) is 0 Å². The maximum Gasteiger partial charge on any atom is 0.262 e. The van der Waals surface area contributed by atoms with Gasteiger partial charge in [-0.25, -0.2) is 18.4 Å². The normalized spacial score (nSPS) is 19.6. The number of benzene rings is 1. The van der Waals surface area contributed by atoms with Gasteiger partial charge in [-0.15, -0.1) is 11.3 Å². The molecule has 2 aromatic heterocycles. The molecule has 1 aliphatic heterocycles. The third-order valence-electron chi connectivity index (χ3n) is 10.5. The molecule has 1 unspecified atom stereocenters. The number of hydrogen-bond donors (Lipinski definition) is 2. The number of hydrogen-bond acceptors (Lipinski definition) is 8. The van der Waals surface area contributed by atoms with Crippen LogP contribution in [0.5, 0.6) is 0 Å². The lowest BCUT2D eigenvalue weighted by Gasteiger charge is -2.39. The van der Waals surface area contributed by atoms with Gasteiger partial charge in [-0.05, 0) is 72.0 Å². The highest BCUT2D eigenvalue weighted by molar-refractivity contribution is 7.90. The van der Waals surface area contributed by atoms with Crippen LogP contribution in [-0.2, 0) is 26.7 Å². The Morgan fingerprint density at radius 3 is 2.06 bits per heavy atom. The van der Waals surface area contributed by atoms with Crippen molar-refractivity contribution < 1.29 is 18.0 Å². The Bertz CT molecular complexity index is 1740. The molecular weight excluding hydrogens is 691 g/mol. The number of amides is 2. The summed E-state index contributed by atoms with van der Waals surface area (Å²) in [6, 6.07) is 10.1. The summed E-state index contributed by atoms with van der Waals surface area (Å²) in [5, 5.41) is 2.81. The van der Waals surface area contributed by atoms with Crippen LogP contribution < -0.4 is 14.9 Å². The van der Waals surface area contributed by atoms with Gasteiger partial charge in [-0.1, -0.05) is 98.4 Å². The largest absolute Gasteiger partial charge is 0.369 e. The molecule has 3 aromatic rings. The van der Waals surface area contributed by atoms with Crippen LogP contribution in [0.3, 0.4) is 0 Å². The van der Waals surface area contributed by atoms with Crippen molar-refractivity contribution in [2.75, 3.05) is 23.7 Å². The van der Waals surface area contributed by atoms with Gasteiger partial charge in [0.25, 0.3) is 11.8 Å². The van der Waals surface area contributed by atoms with E-state index in [9.17, 15) is 18.0 Å². The molecule has 9 nitrogen and oxygen atoms in total. The predicted octanol–water partition coefficient (Wildman–Crippen LogP) is 8.16. The first-order valence-corrected chi connectivity index (χ1v) is 21.6. The van der Waals surface area contributed by atoms with Crippen molar-refractivity contribution in [3.63, 3.8) is 0 Å². The van der Waals surface area contributed by atoms with E-state index in [0.29, 0.717) is 10.7 Å². The number of anilines is 1. The maximum absolute atomic E-state index is 13.4. The first-order chi connectivity index (χ1) is 24.5. The topological polar surface area (TPSA) is 121 Å². The van der Waals surface area contributed by atoms with E-state index in [0.717, 1.165) is 52.5 Å². The van der Waals surface area contributed by atoms with Crippen LogP contribution in [0.25, 0.3) is 11.4 Å². The van der Waals surface area contributed by atoms with E-state index in [2.05, 4.69) is 42.6 Å². The third-order valence-corrected chi connectivity index (χ3v) is 13.8. The fraction of sp³-hybridized carbons (Fsp3) is 0.610. The molecule has 2 amide bonds. The Kier molecular flexibility index (Phi) is 12.9. The molecule has 5 rings (SSSR count). The highest BCUT2D eigenvalue weighted by Gasteiger charge is 2.31. The summed E-state index contributed by atoms with van der Waals surface area (Å²) in [6.45, 7) is 16.0. The monoisotopic (exact) mass is 749 g/mol. The summed E-state index contributed by atoms with van der Waals surface area (Å²) in [7, 11) is -3.93. The second-order valence-corrected chi connectivity index (χ2v) is 20.1. The molecule has 0 bridgehead atoms. The number of sulfonamides is 1. The Morgan fingerprint density at radius 1 is 0.885 bits per heavy atom. The van der Waals surface area contributed by atoms with Crippen LogP contribution in [0.4, 0.5) is 5.69 Å². The van der Waals surface area contributed by atoms with Gasteiger partial charge in [-0.3, -0.25) is 14.3 Å². The van der Waals surface area contributed by atoms with Crippen LogP contribution in [0, 0.1) is 23.2 Å². The summed E-state index contributed by atoms with van der Waals surface area (Å²) < 4.78 is 27.9. The molecule has 1 saturated carbocycles. The number of piperidine rings is 1. The molecule has 2 fully saturated rings. The number of nitrogens with one attached hydrogen (secondary N) is 2. The highest BCUT2D eigenvalue weighted by Crippen LogP contribution is 2.39. The number of aromatic nitrogens is 2. The Labute approximate surface area is 315 Å². The van der Waals surface area contributed by atoms with Crippen molar-refractivity contribution in [3.05, 3.63) is 64.1 Å². The lowest BCUT2D eigenvalue weighted by Crippen LogP contribution is -2.50. The SMILES string of the molecule is CCC[C@H]1CC[C@H](C2CCN(c3cnc(-c4ccc(CC(NC(=O)c5ccc(C(C)(C)C)s5)C(=O)NS(=O)(=O)CC(C)(C)C)cc4)nc3)CC2)CC1. The third kappa shape index (κ3) is 11.1. The van der Waals surface area contributed by atoms with Gasteiger partial charge in [0.1, 0.15) is 6.04 Å². The first kappa shape index (κ1) is 39.9. The molecule has 1 atom stereocenters. The Balaban J connectivity index is 1.21. The minimum absolute atomic E-state index is 0.107. The molecule has 0 radical (unpaired) electrons. The fourth-order valence-electron chi connectivity index (χ4n) is 7.78. The van der Waals surface area contributed by atoms with Crippen molar-refractivity contribution in [3.8, 4) is 11.4 Å². The molecular formula is C41H59N5O4S2. The lowest BCUT2D eigenvalue weighted by molar-refractivity contribution is -0.121. The van der Waals surface area contributed by atoms with E-state index in [1.807, 2.05) is 42.7 Å². The van der Waals surface area contributed by atoms with E-state index in [1.165, 1.54) is 62.7 Å². The number of carbonyl (C=O) groups is 2. The molecule has 1 saturated heterocycles. The molecule has 284 valence electrons. The van der Waals surface area contributed by atoms with Crippen molar-refractivity contribution >= 4 is 38.9 Å². The number of thiophene rings is 1. The number of carbonyl (C=O) groups excluding carboxylic acids is 2. The maximum atomic E-state index is 13.4. The summed E-state index contributed by atoms with van der Waals surface area (Å²) in [6.07, 6.45) is 14.7. The van der Waals surface area contributed by atoms with Crippen LogP contribution >= 0.6 is 11.3 Å². The van der Waals surface area contributed by atoms with Crippen molar-refractivity contribution in [2.45, 2.75) is 118 Å². The number of rotatable bonds is 12. The molecule has 2 N–H and O–H groups in total. The van der Waals surface area contributed by atoms with Gasteiger partial charge in [0.15, 0.2) is 5.82 Å². The zero-order valence-corrected chi connectivity index (χ0v) is 33.8. The van der Waals surface area contributed by atoms with E-state index in [-0.39, 0.29) is 17.6 Å². The zero-order valence-electron chi connectivity index (χ0n) is 32.2. The highest BCUT2D eigenvalue weighted by atomic mass is 32.2. The quantitative estimate of drug-likeness (QED) is 0.192. The van der Waals surface area contributed by atoms with Gasteiger partial charge >= 0.3 is 0 Å². The second-order valence-electron chi connectivity index (χ2n) is 17.3. The van der Waals surface area contributed by atoms with Crippen LogP contribution in [-0.4, -0.2) is 55.1 Å². The van der Waals surface area contributed by atoms with Crippen molar-refractivity contribution in [1.82, 2.24) is 20.0 Å². The van der Waals surface area contributed by atoms with Crippen molar-refractivity contribution in [2.24, 2.45) is 23.2 Å². The summed E-state index contributed by atoms with van der Waals surface area (Å²) in [5.41, 5.74) is 1.97. The molecule has 2 aliphatic rings. The van der Waals surface area contributed by atoms with E-state index < -0.39 is 33.3 Å². The first-order valence-electron chi connectivity index (χ1n) is 19.1. The van der Waals surface area contributed by atoms with E-state index in [1.54, 1.807) is 26.8 Å². The molecule has 3 heterocycles. The van der Waals surface area contributed by atoms with E-state index >= 15 is 0 Å². The van der Waals surface area contributed by atoms with Crippen molar-refractivity contribution in [1.29, 1.82) is 0 Å². The zero-order chi connectivity index (χ0) is 37.7. The molecule has 0 spiro atoms. The molecule has 11 heteroatoms. The average Bonchev–Trinajstić information content (AvgIpc) is 3.60. The van der Waals surface area contributed by atoms with Gasteiger partial charge in [0.2, 0.25) is 10.0 Å². The molecule has 1 aromatic carbocycles. The number of nitrogens with zero attached hydrogens (tertiary/aromatic N) is 3. The van der Waals surface area contributed by atoms with Gasteiger partial charge in [0.05, 0.1) is 28.7 Å². The summed E-state index contributed by atoms with van der Waals surface area (Å²) in [5.74, 6) is 1.88. The summed E-state index contributed by atoms with van der Waals surface area (Å²) >= 11 is 1.37. The van der Waals surface area contributed by atoms with Crippen LogP contribution in [0.15, 0.2) is 48.8 Å². The van der Waals surface area contributed by atoms with Gasteiger partial charge in [0, 0.05) is 30.0 Å². The molecule has 52 heavy (non-hydrogen) atoms. The average molecular weight is 750 g/mol. The smallest absolute Gasteiger partial charge is 0.262 e. The standard InChI is InChI=1S/C41H59N5O4S2/c1-8-9-28-10-14-30(15-11-28)31-20-22-46(23-21-31)33-25-42-37(43-26-33)32-16-12-29(13-17-32)24-34(38(47)45-52(49,50)27-40(2,3)4)44-39(48)35-18-19-36(51-35)41(5,6)7/h12-13,16-19,25-26,28,30-31,34H,8-11,14-15,20-24,27H2,1-7H3,(H,44,48)(H,45,47)/t28-,30-,34?. The van der Waals surface area contributed by atoms with E-state index in [4.69, 9.17) is 9.97 Å². The summed E-state index contributed by atoms with van der Waals surface area (Å²) in [4.78, 5) is 40.1. The Hall–Kier alpha value is -3.31. The predicted molar refractivity (Wildman–Crippen MR) is 212 cm³/mol. The van der Waals surface area contributed by atoms with Crippen LogP contribution in [0.1, 0.15) is 120 Å². The lowest BCUT2D eigenvalue weighted by atomic mass is 9.72. The minimum Gasteiger partial charge on any atom is -0.369 e. The van der Waals surface area contributed by atoms with Gasteiger partial charge < -0.3 is 10.2 Å². The second kappa shape index (κ2) is 16.8. The molecule has 1 aliphatic carbocycles. The van der Waals surface area contributed by atoms with Gasteiger partial charge in [-0.2, -0.15) is 0 Å².